The van der Waals surface area contributed by atoms with E-state index in [0.29, 0.717) is 12.0 Å². The second kappa shape index (κ2) is 4.97. The Bertz CT molecular complexity index is 228. The molecule has 3 nitrogen and oxygen atoms in total. The van der Waals surface area contributed by atoms with Crippen LogP contribution in [0.2, 0.25) is 0 Å². The van der Waals surface area contributed by atoms with Gasteiger partial charge in [0.2, 0.25) is 5.91 Å². The molecule has 1 aliphatic heterocycles. The zero-order valence-electron chi connectivity index (χ0n) is 10.6. The quantitative estimate of drug-likeness (QED) is 0.773. The van der Waals surface area contributed by atoms with Crippen molar-refractivity contribution in [3.05, 3.63) is 0 Å². The van der Waals surface area contributed by atoms with Crippen LogP contribution in [0.5, 0.6) is 0 Å². The minimum atomic E-state index is -0.0113. The van der Waals surface area contributed by atoms with Crippen molar-refractivity contribution in [3.63, 3.8) is 0 Å². The molecule has 0 radical (unpaired) electrons. The van der Waals surface area contributed by atoms with Gasteiger partial charge in [-0.15, -0.1) is 0 Å². The fourth-order valence-corrected chi connectivity index (χ4v) is 2.52. The van der Waals surface area contributed by atoms with Gasteiger partial charge < -0.3 is 4.90 Å². The molecule has 0 aliphatic carbocycles. The van der Waals surface area contributed by atoms with Crippen molar-refractivity contribution in [3.8, 4) is 0 Å². The molecule has 1 fully saturated rings. The molecular weight excluding hydrogens is 188 g/mol. The lowest BCUT2D eigenvalue weighted by Gasteiger charge is -2.34. The summed E-state index contributed by atoms with van der Waals surface area (Å²) in [7, 11) is 0. The predicted octanol–water partition coefficient (Wildman–Crippen LogP) is 1.98. The molecule has 88 valence electrons. The number of amides is 1. The molecule has 3 unspecified atom stereocenters. The number of nitrogens with zero attached hydrogens (tertiary/aromatic N) is 1. The normalized spacial score (nSPS) is 28.9. The molecule has 15 heavy (non-hydrogen) atoms. The molecule has 0 spiro atoms. The second-order valence-electron chi connectivity index (χ2n) is 4.78. The van der Waals surface area contributed by atoms with Crippen LogP contribution in [-0.4, -0.2) is 29.1 Å². The van der Waals surface area contributed by atoms with Crippen molar-refractivity contribution in [2.45, 2.75) is 65.7 Å². The molecule has 3 heteroatoms. The van der Waals surface area contributed by atoms with Crippen LogP contribution >= 0.6 is 0 Å². The summed E-state index contributed by atoms with van der Waals surface area (Å²) >= 11 is 0. The molecule has 1 rings (SSSR count). The molecule has 3 atom stereocenters. The van der Waals surface area contributed by atoms with Crippen LogP contribution in [0.25, 0.3) is 0 Å². The lowest BCUT2D eigenvalue weighted by molar-refractivity contribution is -0.133. The Morgan fingerprint density at radius 1 is 1.40 bits per heavy atom. The first-order valence-electron chi connectivity index (χ1n) is 6.11. The Balaban J connectivity index is 2.84. The predicted molar refractivity (Wildman–Crippen MR) is 62.4 cm³/mol. The first kappa shape index (κ1) is 12.5. The molecule has 1 aliphatic rings. The van der Waals surface area contributed by atoms with E-state index in [0.717, 1.165) is 12.8 Å². The molecule has 0 aromatic rings. The average molecular weight is 212 g/mol. The topological polar surface area (TPSA) is 32.3 Å². The zero-order chi connectivity index (χ0) is 11.6. The minimum Gasteiger partial charge on any atom is -0.323 e. The highest BCUT2D eigenvalue weighted by atomic mass is 16.2. The van der Waals surface area contributed by atoms with Crippen LogP contribution in [0, 0.1) is 5.92 Å². The van der Waals surface area contributed by atoms with Gasteiger partial charge in [0, 0.05) is 6.04 Å². The fraction of sp³-hybridized carbons (Fsp3) is 0.917. The highest BCUT2D eigenvalue weighted by Gasteiger charge is 2.39. The first-order chi connectivity index (χ1) is 7.02. The fourth-order valence-electron chi connectivity index (χ4n) is 2.52. The summed E-state index contributed by atoms with van der Waals surface area (Å²) in [6, 6.07) is 0.364. The Morgan fingerprint density at radius 3 is 2.40 bits per heavy atom. The largest absolute Gasteiger partial charge is 0.323 e. The molecule has 0 aromatic heterocycles. The molecule has 1 heterocycles. The summed E-state index contributed by atoms with van der Waals surface area (Å²) in [4.78, 5) is 14.1. The van der Waals surface area contributed by atoms with Crippen molar-refractivity contribution >= 4 is 5.91 Å². The van der Waals surface area contributed by atoms with Gasteiger partial charge in [-0.2, -0.15) is 0 Å². The summed E-state index contributed by atoms with van der Waals surface area (Å²) in [5.74, 6) is 0.794. The van der Waals surface area contributed by atoms with Crippen molar-refractivity contribution < 1.29 is 4.79 Å². The highest BCUT2D eigenvalue weighted by molar-refractivity contribution is 5.84. The third-order valence-corrected chi connectivity index (χ3v) is 3.33. The van der Waals surface area contributed by atoms with Crippen molar-refractivity contribution in [2.24, 2.45) is 5.92 Å². The summed E-state index contributed by atoms with van der Waals surface area (Å²) in [6.07, 6.45) is 2.26. The van der Waals surface area contributed by atoms with Crippen molar-refractivity contribution in [2.75, 3.05) is 0 Å². The summed E-state index contributed by atoms with van der Waals surface area (Å²) in [5, 5.41) is 3.35. The number of hydrogen-bond donors (Lipinski definition) is 1. The van der Waals surface area contributed by atoms with E-state index in [9.17, 15) is 4.79 Å². The van der Waals surface area contributed by atoms with E-state index in [-0.39, 0.29) is 18.1 Å². The van der Waals surface area contributed by atoms with Crippen LogP contribution in [0.1, 0.15) is 47.5 Å². The molecule has 0 saturated carbocycles. The summed E-state index contributed by atoms with van der Waals surface area (Å²) < 4.78 is 0. The Labute approximate surface area is 93.2 Å². The van der Waals surface area contributed by atoms with E-state index in [1.165, 1.54) is 0 Å². The zero-order valence-corrected chi connectivity index (χ0v) is 10.6. The standard InChI is InChI=1S/C12H24N2O/c1-6-10(8(3)4)14-11(7-2)13-9(5)12(14)15/h8-11,13H,6-7H2,1-5H3. The lowest BCUT2D eigenvalue weighted by Crippen LogP contribution is -2.46. The maximum Gasteiger partial charge on any atom is 0.240 e. The third-order valence-electron chi connectivity index (χ3n) is 3.33. The van der Waals surface area contributed by atoms with Crippen LogP contribution in [-0.2, 0) is 4.79 Å². The summed E-state index contributed by atoms with van der Waals surface area (Å²) in [6.45, 7) is 10.6. The molecule has 0 aromatic carbocycles. The number of nitrogens with one attached hydrogen (secondary N) is 1. The Hall–Kier alpha value is -0.570. The number of carbonyl (C=O) groups is 1. The van der Waals surface area contributed by atoms with Gasteiger partial charge in [-0.3, -0.25) is 10.1 Å². The molecule has 1 N–H and O–H groups in total. The van der Waals surface area contributed by atoms with Gasteiger partial charge in [-0.05, 0) is 25.7 Å². The third kappa shape index (κ3) is 2.33. The maximum atomic E-state index is 12.0. The van der Waals surface area contributed by atoms with E-state index in [2.05, 4.69) is 37.9 Å². The SMILES string of the molecule is CCC1NC(C)C(=O)N1C(CC)C(C)C. The smallest absolute Gasteiger partial charge is 0.240 e. The van der Waals surface area contributed by atoms with E-state index < -0.39 is 0 Å². The van der Waals surface area contributed by atoms with Crippen LogP contribution in [0.3, 0.4) is 0 Å². The van der Waals surface area contributed by atoms with Gasteiger partial charge in [0.05, 0.1) is 12.2 Å². The van der Waals surface area contributed by atoms with Gasteiger partial charge in [-0.1, -0.05) is 27.7 Å². The Kier molecular flexibility index (Phi) is 4.14. The van der Waals surface area contributed by atoms with Crippen molar-refractivity contribution in [1.82, 2.24) is 10.2 Å². The monoisotopic (exact) mass is 212 g/mol. The summed E-state index contributed by atoms with van der Waals surface area (Å²) in [5.41, 5.74) is 0. The minimum absolute atomic E-state index is 0.0113. The first-order valence-corrected chi connectivity index (χ1v) is 6.11. The van der Waals surface area contributed by atoms with Gasteiger partial charge in [0.1, 0.15) is 0 Å². The molecule has 1 saturated heterocycles. The van der Waals surface area contributed by atoms with E-state index in [4.69, 9.17) is 0 Å². The molecule has 0 bridgehead atoms. The van der Waals surface area contributed by atoms with Crippen LogP contribution in [0.15, 0.2) is 0 Å². The van der Waals surface area contributed by atoms with Gasteiger partial charge in [0.15, 0.2) is 0 Å². The van der Waals surface area contributed by atoms with E-state index in [1.54, 1.807) is 0 Å². The van der Waals surface area contributed by atoms with Gasteiger partial charge >= 0.3 is 0 Å². The van der Waals surface area contributed by atoms with Crippen LogP contribution < -0.4 is 5.32 Å². The second-order valence-corrected chi connectivity index (χ2v) is 4.78. The lowest BCUT2D eigenvalue weighted by atomic mass is 9.99. The van der Waals surface area contributed by atoms with Crippen molar-refractivity contribution in [1.29, 1.82) is 0 Å². The highest BCUT2D eigenvalue weighted by Crippen LogP contribution is 2.23. The molecule has 1 amide bonds. The average Bonchev–Trinajstić information content (AvgIpc) is 2.46. The van der Waals surface area contributed by atoms with Gasteiger partial charge in [-0.25, -0.2) is 0 Å². The number of carbonyl (C=O) groups excluding carboxylic acids is 1. The van der Waals surface area contributed by atoms with E-state index >= 15 is 0 Å². The Morgan fingerprint density at radius 2 is 2.00 bits per heavy atom. The van der Waals surface area contributed by atoms with Gasteiger partial charge in [0.25, 0.3) is 0 Å². The van der Waals surface area contributed by atoms with Crippen LogP contribution in [0.4, 0.5) is 0 Å². The number of hydrogen-bond acceptors (Lipinski definition) is 2. The number of rotatable bonds is 4. The maximum absolute atomic E-state index is 12.0. The molecular formula is C12H24N2O. The van der Waals surface area contributed by atoms with E-state index in [1.807, 2.05) is 6.92 Å².